The first-order valence-electron chi connectivity index (χ1n) is 8.69. The predicted molar refractivity (Wildman–Crippen MR) is 127 cm³/mol. The minimum Gasteiger partial charge on any atom is -0.672 e. The van der Waals surface area contributed by atoms with Gasteiger partial charge in [-0.05, 0) is 17.7 Å². The van der Waals surface area contributed by atoms with Gasteiger partial charge in [-0.15, -0.1) is 12.1 Å². The fourth-order valence-electron chi connectivity index (χ4n) is 2.86. The van der Waals surface area contributed by atoms with Crippen LogP contribution in [0.4, 0.5) is 0 Å². The number of rotatable bonds is 7. The molecule has 2 atom stereocenters. The van der Waals surface area contributed by atoms with Crippen LogP contribution >= 0.6 is 32.9 Å². The summed E-state index contributed by atoms with van der Waals surface area (Å²) in [5.74, 6) is -0.311. The van der Waals surface area contributed by atoms with E-state index in [0.29, 0.717) is 21.7 Å². The van der Waals surface area contributed by atoms with Crippen LogP contribution in [0.15, 0.2) is 78.9 Å². The molecule has 3 aromatic carbocycles. The Bertz CT molecular complexity index is 1040. The van der Waals surface area contributed by atoms with E-state index in [2.05, 4.69) is 14.4 Å². The third-order valence-corrected chi connectivity index (χ3v) is 6.21. The van der Waals surface area contributed by atoms with E-state index in [-0.39, 0.29) is 18.2 Å². The topological polar surface area (TPSA) is 72.0 Å². The molecule has 0 spiro atoms. The minimum atomic E-state index is -3.86. The van der Waals surface area contributed by atoms with E-state index in [9.17, 15) is 8.42 Å². The molecule has 31 heavy (non-hydrogen) atoms. The van der Waals surface area contributed by atoms with Crippen LogP contribution in [0, 0.1) is 7.43 Å². The summed E-state index contributed by atoms with van der Waals surface area (Å²) in [6.45, 7) is 0. The molecule has 4 nitrogen and oxygen atoms in total. The third kappa shape index (κ3) is 8.47. The summed E-state index contributed by atoms with van der Waals surface area (Å²) in [6.07, 6.45) is 0. The number of sulfonamides is 1. The van der Waals surface area contributed by atoms with Crippen molar-refractivity contribution in [2.75, 3.05) is 0 Å². The van der Waals surface area contributed by atoms with Crippen LogP contribution in [0.1, 0.15) is 28.8 Å². The molecule has 9 heteroatoms. The van der Waals surface area contributed by atoms with E-state index in [1.807, 2.05) is 41.6 Å². The number of hydrogen-bond acceptors (Lipinski definition) is 2. The Balaban J connectivity index is 0.00000156. The van der Waals surface area contributed by atoms with Crippen LogP contribution in [-0.4, -0.2) is 8.42 Å². The van der Waals surface area contributed by atoms with Crippen LogP contribution in [0.25, 0.3) is 10.5 Å². The van der Waals surface area contributed by atoms with Gasteiger partial charge >= 0.3 is 27.0 Å². The van der Waals surface area contributed by atoms with Gasteiger partial charge in [0.05, 0.1) is 25.8 Å². The van der Waals surface area contributed by atoms with Crippen molar-refractivity contribution in [2.24, 2.45) is 0 Å². The van der Waals surface area contributed by atoms with Gasteiger partial charge in [0.15, 0.2) is 0 Å². The van der Waals surface area contributed by atoms with Gasteiger partial charge in [0.1, 0.15) is 0 Å². The van der Waals surface area contributed by atoms with Gasteiger partial charge in [0.2, 0.25) is 0 Å². The zero-order chi connectivity index (χ0) is 22.1. The summed E-state index contributed by atoms with van der Waals surface area (Å²) in [5.41, 5.74) is 10.5. The quantitative estimate of drug-likeness (QED) is 0.209. The Labute approximate surface area is 208 Å². The van der Waals surface area contributed by atoms with Gasteiger partial charge < -0.3 is 17.9 Å². The second kappa shape index (κ2) is 13.5. The number of benzene rings is 3. The summed E-state index contributed by atoms with van der Waals surface area (Å²) < 4.78 is 29.7. The standard InChI is InChI=1S/C21H18Cl2N2O2S.CH3.ClH.Ru/c22-18-12-11-15(13-19(18)23)14-28(26,27)25-21(17-9-5-2-6-10-17)20(24)16-7-3-1-4-8-16;;;/h1-13,20-21,24H,14H2;1H3;1H;/q-2;-1;;+4/p-1. The fraction of sp³-hybridized carbons (Fsp3) is 0.136. The first-order chi connectivity index (χ1) is 14.4. The maximum atomic E-state index is 12.8. The molecule has 0 saturated carbocycles. The van der Waals surface area contributed by atoms with Crippen molar-refractivity contribution < 1.29 is 25.7 Å². The molecule has 0 aliphatic rings. The largest absolute Gasteiger partial charge is 0.672 e. The smallest absolute Gasteiger partial charge is 0.0767 e. The maximum Gasteiger partial charge on any atom is 0.0767 e. The van der Waals surface area contributed by atoms with Gasteiger partial charge in [0, 0.05) is 0 Å². The molecule has 0 aromatic heterocycles. The van der Waals surface area contributed by atoms with Crippen molar-refractivity contribution in [1.29, 1.82) is 0 Å². The van der Waals surface area contributed by atoms with E-state index in [4.69, 9.17) is 28.9 Å². The monoisotopic (exact) mass is 584 g/mol. The molecule has 2 unspecified atom stereocenters. The van der Waals surface area contributed by atoms with Crippen LogP contribution in [0.2, 0.25) is 10.0 Å². The van der Waals surface area contributed by atoms with Crippen LogP contribution in [0.5, 0.6) is 0 Å². The fourth-order valence-corrected chi connectivity index (χ4v) is 4.44. The van der Waals surface area contributed by atoms with E-state index in [1.54, 1.807) is 48.5 Å². The molecule has 1 N–H and O–H groups in total. The number of halogens is 3. The van der Waals surface area contributed by atoms with Gasteiger partial charge in [-0.2, -0.15) is 0 Å². The molecule has 166 valence electrons. The number of nitrogens with one attached hydrogen (secondary N) is 1. The summed E-state index contributed by atoms with van der Waals surface area (Å²) in [5, 5.41) is 0.647. The molecule has 0 radical (unpaired) electrons. The SMILES string of the molecule is [CH3-].[Cl][Ru+3].[NH-]C(c1ccccc1)C([N-]S(=O)(=O)Cc1ccc(Cl)c(Cl)c1)c1ccccc1. The summed E-state index contributed by atoms with van der Waals surface area (Å²) >= 11 is 13.7. The zero-order valence-electron chi connectivity index (χ0n) is 16.5. The molecule has 0 amide bonds. The molecule has 3 rings (SSSR count). The Hall–Kier alpha value is -0.977. The molecule has 0 aliphatic carbocycles. The average Bonchev–Trinajstić information content (AvgIpc) is 2.77. The van der Waals surface area contributed by atoms with E-state index < -0.39 is 22.1 Å². The van der Waals surface area contributed by atoms with Crippen LogP contribution < -0.4 is 0 Å². The van der Waals surface area contributed by atoms with Crippen molar-refractivity contribution in [1.82, 2.24) is 0 Å². The first kappa shape index (κ1) is 28.1. The molecular weight excluding hydrogens is 564 g/mol. The van der Waals surface area contributed by atoms with Gasteiger partial charge in [-0.1, -0.05) is 101 Å². The van der Waals surface area contributed by atoms with E-state index in [1.165, 1.54) is 6.07 Å². The second-order valence-corrected chi connectivity index (χ2v) is 8.80. The van der Waals surface area contributed by atoms with Crippen molar-refractivity contribution in [2.45, 2.75) is 17.8 Å². The zero-order valence-corrected chi connectivity index (χ0v) is 21.3. The summed E-state index contributed by atoms with van der Waals surface area (Å²) in [4.78, 5) is 0. The minimum absolute atomic E-state index is 0. The van der Waals surface area contributed by atoms with Crippen molar-refractivity contribution >= 4 is 42.9 Å². The van der Waals surface area contributed by atoms with Gasteiger partial charge in [0.25, 0.3) is 0 Å². The molecular formula is C22H21Cl3N2O2RuS. The molecule has 0 aliphatic heterocycles. The Morgan fingerprint density at radius 2 is 1.35 bits per heavy atom. The molecule has 0 bridgehead atoms. The Morgan fingerprint density at radius 1 is 0.839 bits per heavy atom. The first-order valence-corrected chi connectivity index (χ1v) is 13.3. The van der Waals surface area contributed by atoms with Crippen molar-refractivity contribution in [3.63, 3.8) is 0 Å². The molecule has 0 heterocycles. The van der Waals surface area contributed by atoms with Crippen molar-refractivity contribution in [3.05, 3.63) is 123 Å². The number of nitrogens with zero attached hydrogens (tertiary/aromatic N) is 1. The van der Waals surface area contributed by atoms with E-state index >= 15 is 0 Å². The molecule has 0 saturated heterocycles. The maximum absolute atomic E-state index is 12.8. The van der Waals surface area contributed by atoms with Crippen LogP contribution in [-0.2, 0) is 33.1 Å². The molecule has 3 aromatic rings. The normalized spacial score (nSPS) is 12.6. The van der Waals surface area contributed by atoms with Gasteiger partial charge in [-0.25, -0.2) is 8.42 Å². The Kier molecular flexibility index (Phi) is 12.3. The summed E-state index contributed by atoms with van der Waals surface area (Å²) in [7, 11) is 0.708. The van der Waals surface area contributed by atoms with Gasteiger partial charge in [-0.3, -0.25) is 0 Å². The predicted octanol–water partition coefficient (Wildman–Crippen LogP) is 7.87. The van der Waals surface area contributed by atoms with Crippen molar-refractivity contribution in [3.8, 4) is 0 Å². The number of hydrogen-bond donors (Lipinski definition) is 0. The second-order valence-electron chi connectivity index (χ2n) is 6.32. The average molecular weight is 585 g/mol. The van der Waals surface area contributed by atoms with Crippen LogP contribution in [0.3, 0.4) is 0 Å². The third-order valence-electron chi connectivity index (χ3n) is 4.22. The Morgan fingerprint density at radius 3 is 1.87 bits per heavy atom. The molecule has 0 fully saturated rings. The summed E-state index contributed by atoms with van der Waals surface area (Å²) in [6, 6.07) is 21.1. The van der Waals surface area contributed by atoms with E-state index in [0.717, 1.165) is 0 Å².